The fraction of sp³-hybridized carbons (Fsp3) is 0.292. The lowest BCUT2D eigenvalue weighted by molar-refractivity contribution is 0.0601. The van der Waals surface area contributed by atoms with Crippen LogP contribution in [0.25, 0.3) is 10.6 Å². The van der Waals surface area contributed by atoms with Crippen LogP contribution in [0, 0.1) is 17.1 Å². The van der Waals surface area contributed by atoms with Crippen molar-refractivity contribution in [1.82, 2.24) is 14.8 Å². The van der Waals surface area contributed by atoms with Gasteiger partial charge >= 0.3 is 0 Å². The number of aromatic nitrogens is 1. The number of nitriles is 1. The van der Waals surface area contributed by atoms with Crippen molar-refractivity contribution in [1.29, 1.82) is 5.26 Å². The van der Waals surface area contributed by atoms with Crippen molar-refractivity contribution in [3.8, 4) is 16.6 Å². The van der Waals surface area contributed by atoms with Crippen molar-refractivity contribution in [2.24, 2.45) is 0 Å². The molecule has 1 amide bonds. The van der Waals surface area contributed by atoms with E-state index < -0.39 is 6.04 Å². The van der Waals surface area contributed by atoms with E-state index in [1.807, 2.05) is 22.4 Å². The third-order valence-electron chi connectivity index (χ3n) is 5.61. The number of benzene rings is 2. The highest BCUT2D eigenvalue weighted by atomic mass is 32.1. The molecule has 4 rings (SSSR count). The van der Waals surface area contributed by atoms with Crippen LogP contribution in [-0.2, 0) is 6.42 Å². The van der Waals surface area contributed by atoms with Gasteiger partial charge in [-0.1, -0.05) is 43.3 Å². The molecule has 31 heavy (non-hydrogen) atoms. The molecular formula is C24H23FN4OS. The van der Waals surface area contributed by atoms with Crippen LogP contribution in [0.4, 0.5) is 4.39 Å². The molecule has 1 aliphatic heterocycles. The summed E-state index contributed by atoms with van der Waals surface area (Å²) in [6.07, 6.45) is 0.988. The van der Waals surface area contributed by atoms with Gasteiger partial charge in [-0.3, -0.25) is 9.69 Å². The van der Waals surface area contributed by atoms with E-state index in [0.717, 1.165) is 22.6 Å². The smallest absolute Gasteiger partial charge is 0.273 e. The number of nitrogens with zero attached hydrogens (tertiary/aromatic N) is 4. The predicted molar refractivity (Wildman–Crippen MR) is 119 cm³/mol. The molecule has 0 spiro atoms. The molecule has 1 aliphatic rings. The molecule has 3 aromatic rings. The summed E-state index contributed by atoms with van der Waals surface area (Å²) in [5, 5.41) is 12.3. The van der Waals surface area contributed by atoms with E-state index in [-0.39, 0.29) is 11.7 Å². The number of thiazole rings is 1. The van der Waals surface area contributed by atoms with E-state index in [0.29, 0.717) is 31.9 Å². The molecular weight excluding hydrogens is 411 g/mol. The first-order valence-electron chi connectivity index (χ1n) is 10.3. The van der Waals surface area contributed by atoms with Gasteiger partial charge in [0.05, 0.1) is 6.07 Å². The summed E-state index contributed by atoms with van der Waals surface area (Å²) in [7, 11) is 0. The molecule has 0 radical (unpaired) electrons. The van der Waals surface area contributed by atoms with Gasteiger partial charge in [0.15, 0.2) is 0 Å². The Morgan fingerprint density at radius 3 is 2.42 bits per heavy atom. The highest BCUT2D eigenvalue weighted by Gasteiger charge is 2.28. The van der Waals surface area contributed by atoms with Crippen molar-refractivity contribution in [2.75, 3.05) is 26.2 Å². The lowest BCUT2D eigenvalue weighted by Crippen LogP contribution is -2.49. The highest BCUT2D eigenvalue weighted by molar-refractivity contribution is 7.13. The van der Waals surface area contributed by atoms with Crippen LogP contribution in [-0.4, -0.2) is 46.9 Å². The molecule has 0 aliphatic carbocycles. The van der Waals surface area contributed by atoms with E-state index in [1.165, 1.54) is 29.0 Å². The molecule has 2 aromatic carbocycles. The molecule has 158 valence electrons. The fourth-order valence-electron chi connectivity index (χ4n) is 3.74. The summed E-state index contributed by atoms with van der Waals surface area (Å²) in [4.78, 5) is 21.3. The number of piperazine rings is 1. The van der Waals surface area contributed by atoms with Gasteiger partial charge in [0.2, 0.25) is 0 Å². The molecule has 0 unspecified atom stereocenters. The van der Waals surface area contributed by atoms with Crippen molar-refractivity contribution >= 4 is 17.2 Å². The molecule has 1 atom stereocenters. The first kappa shape index (κ1) is 21.2. The third-order valence-corrected chi connectivity index (χ3v) is 6.50. The van der Waals surface area contributed by atoms with Crippen LogP contribution in [0.5, 0.6) is 0 Å². The molecule has 5 nitrogen and oxygen atoms in total. The maximum atomic E-state index is 13.2. The minimum Gasteiger partial charge on any atom is -0.335 e. The first-order valence-corrected chi connectivity index (χ1v) is 11.2. The number of hydrogen-bond donors (Lipinski definition) is 0. The molecule has 1 saturated heterocycles. The van der Waals surface area contributed by atoms with Crippen LogP contribution in [0.15, 0.2) is 53.9 Å². The van der Waals surface area contributed by atoms with Gasteiger partial charge in [-0.05, 0) is 29.7 Å². The van der Waals surface area contributed by atoms with Gasteiger partial charge in [-0.25, -0.2) is 9.37 Å². The third kappa shape index (κ3) is 4.66. The Bertz CT molecular complexity index is 1080. The topological polar surface area (TPSA) is 60.2 Å². The number of rotatable bonds is 5. The molecule has 0 saturated carbocycles. The molecule has 1 fully saturated rings. The first-order chi connectivity index (χ1) is 15.1. The minimum absolute atomic E-state index is 0.0809. The second-order valence-corrected chi connectivity index (χ2v) is 8.36. The predicted octanol–water partition coefficient (Wildman–Crippen LogP) is 4.53. The lowest BCUT2D eigenvalue weighted by Gasteiger charge is -2.36. The number of carbonyl (C=O) groups excluding carboxylic acids is 1. The Hall–Kier alpha value is -3.08. The van der Waals surface area contributed by atoms with Gasteiger partial charge in [-0.2, -0.15) is 5.26 Å². The van der Waals surface area contributed by atoms with Crippen molar-refractivity contribution in [3.05, 3.63) is 76.5 Å². The van der Waals surface area contributed by atoms with Gasteiger partial charge in [0.1, 0.15) is 22.6 Å². The minimum atomic E-state index is -0.449. The van der Waals surface area contributed by atoms with Gasteiger partial charge in [-0.15, -0.1) is 11.3 Å². The summed E-state index contributed by atoms with van der Waals surface area (Å²) in [6, 6.07) is 16.1. The van der Waals surface area contributed by atoms with Crippen LogP contribution >= 0.6 is 11.3 Å². The summed E-state index contributed by atoms with van der Waals surface area (Å²) in [6.45, 7) is 4.33. The average Bonchev–Trinajstić information content (AvgIpc) is 3.31. The number of carbonyl (C=O) groups is 1. The van der Waals surface area contributed by atoms with Crippen LogP contribution in [0.1, 0.15) is 34.6 Å². The highest BCUT2D eigenvalue weighted by Crippen LogP contribution is 2.26. The zero-order valence-electron chi connectivity index (χ0n) is 17.3. The Kier molecular flexibility index (Phi) is 6.40. The van der Waals surface area contributed by atoms with Crippen molar-refractivity contribution in [3.63, 3.8) is 0 Å². The number of halogens is 1. The summed E-state index contributed by atoms with van der Waals surface area (Å²) in [5.74, 6) is -0.401. The Balaban J connectivity index is 1.39. The SMILES string of the molecule is CCc1ccc(-c2nc(C(=O)N3CCN([C@H](C#N)c4ccc(F)cc4)CC3)cs2)cc1. The van der Waals surface area contributed by atoms with E-state index >= 15 is 0 Å². The molecule has 7 heteroatoms. The Morgan fingerprint density at radius 1 is 1.13 bits per heavy atom. The normalized spacial score (nSPS) is 15.5. The summed E-state index contributed by atoms with van der Waals surface area (Å²) in [5.41, 5.74) is 3.51. The summed E-state index contributed by atoms with van der Waals surface area (Å²) < 4.78 is 13.2. The van der Waals surface area contributed by atoms with Gasteiger partial charge in [0.25, 0.3) is 5.91 Å². The van der Waals surface area contributed by atoms with Crippen LogP contribution in [0.3, 0.4) is 0 Å². The maximum absolute atomic E-state index is 13.2. The molecule has 0 N–H and O–H groups in total. The van der Waals surface area contributed by atoms with Crippen LogP contribution < -0.4 is 0 Å². The van der Waals surface area contributed by atoms with E-state index in [9.17, 15) is 14.4 Å². The molecule has 0 bridgehead atoms. The number of aryl methyl sites for hydroxylation is 1. The van der Waals surface area contributed by atoms with E-state index in [2.05, 4.69) is 30.1 Å². The van der Waals surface area contributed by atoms with Gasteiger partial charge < -0.3 is 4.90 Å². The van der Waals surface area contributed by atoms with E-state index in [1.54, 1.807) is 17.0 Å². The van der Waals surface area contributed by atoms with Crippen molar-refractivity contribution in [2.45, 2.75) is 19.4 Å². The Labute approximate surface area is 185 Å². The summed E-state index contributed by atoms with van der Waals surface area (Å²) >= 11 is 1.47. The molecule has 2 heterocycles. The standard InChI is InChI=1S/C24H23FN4OS/c1-2-17-3-5-19(6-4-17)23-27-21(16-31-23)24(30)29-13-11-28(12-14-29)22(15-26)18-7-9-20(25)10-8-18/h3-10,16,22H,2,11-14H2,1H3/t22-/m1/s1. The van der Waals surface area contributed by atoms with Crippen molar-refractivity contribution < 1.29 is 9.18 Å². The lowest BCUT2D eigenvalue weighted by atomic mass is 10.1. The Morgan fingerprint density at radius 2 is 1.81 bits per heavy atom. The largest absolute Gasteiger partial charge is 0.335 e. The fourth-order valence-corrected chi connectivity index (χ4v) is 4.54. The maximum Gasteiger partial charge on any atom is 0.273 e. The monoisotopic (exact) mass is 434 g/mol. The van der Waals surface area contributed by atoms with E-state index in [4.69, 9.17) is 0 Å². The number of amides is 1. The number of hydrogen-bond acceptors (Lipinski definition) is 5. The zero-order chi connectivity index (χ0) is 21.8. The second-order valence-electron chi connectivity index (χ2n) is 7.50. The quantitative estimate of drug-likeness (QED) is 0.592. The zero-order valence-corrected chi connectivity index (χ0v) is 18.1. The molecule has 1 aromatic heterocycles. The van der Waals surface area contributed by atoms with Crippen LogP contribution in [0.2, 0.25) is 0 Å². The average molecular weight is 435 g/mol. The second kappa shape index (κ2) is 9.38. The van der Waals surface area contributed by atoms with Gasteiger partial charge in [0, 0.05) is 37.1 Å².